The van der Waals surface area contributed by atoms with Crippen LogP contribution in [0.25, 0.3) is 0 Å². The second-order valence-corrected chi connectivity index (χ2v) is 1.91. The summed E-state index contributed by atoms with van der Waals surface area (Å²) < 4.78 is 11.6. The first-order valence-corrected chi connectivity index (χ1v) is 3.43. The summed E-state index contributed by atoms with van der Waals surface area (Å²) >= 11 is 0. The van der Waals surface area contributed by atoms with E-state index < -0.39 is 0 Å². The van der Waals surface area contributed by atoms with Crippen molar-refractivity contribution in [2.75, 3.05) is 0 Å². The maximum atomic E-state index is 11.6. The Balaban J connectivity index is 4.04. The summed E-state index contributed by atoms with van der Waals surface area (Å²) in [6.45, 7) is 3.93. The molecule has 0 nitrogen and oxygen atoms in total. The Hall–Kier alpha value is -0.850. The molecule has 0 rings (SSSR count). The summed E-state index contributed by atoms with van der Waals surface area (Å²) in [7, 11) is 0. The molecule has 0 radical (unpaired) electrons. The average molecular weight is 140 g/mol. The Morgan fingerprint density at radius 1 is 1.50 bits per heavy atom. The molecule has 0 heterocycles. The quantitative estimate of drug-likeness (QED) is 0.527. The van der Waals surface area contributed by atoms with Crippen molar-refractivity contribution < 1.29 is 4.39 Å². The van der Waals surface area contributed by atoms with Crippen molar-refractivity contribution >= 4 is 0 Å². The van der Waals surface area contributed by atoms with Gasteiger partial charge in [-0.25, -0.2) is 4.39 Å². The van der Waals surface area contributed by atoms with Gasteiger partial charge in [-0.3, -0.25) is 0 Å². The highest BCUT2D eigenvalue weighted by molar-refractivity contribution is 5.21. The van der Waals surface area contributed by atoms with Crippen LogP contribution in [0, 0.1) is 0 Å². The maximum absolute atomic E-state index is 11.6. The Morgan fingerprint density at radius 3 is 2.60 bits per heavy atom. The topological polar surface area (TPSA) is 0 Å². The van der Waals surface area contributed by atoms with E-state index in [1.54, 1.807) is 0 Å². The number of halogens is 1. The number of rotatable bonds is 3. The van der Waals surface area contributed by atoms with E-state index in [4.69, 9.17) is 0 Å². The van der Waals surface area contributed by atoms with Crippen LogP contribution >= 0.6 is 0 Å². The molecule has 0 unspecified atom stereocenters. The molecule has 0 N–H and O–H groups in total. The van der Waals surface area contributed by atoms with Crippen LogP contribution in [0.3, 0.4) is 0 Å². The fraction of sp³-hybridized carbons (Fsp3) is 0.333. The van der Waals surface area contributed by atoms with Crippen LogP contribution in [0.2, 0.25) is 0 Å². The standard InChI is InChI=1S/C9H13F/c1-3-5-6-9(4-2)7-8-10/h3,5-8H,4H2,1-2H3/b5-3-,8-7+,9-6-. The van der Waals surface area contributed by atoms with Crippen LogP contribution < -0.4 is 0 Å². The van der Waals surface area contributed by atoms with Crippen molar-refractivity contribution in [3.05, 3.63) is 36.2 Å². The van der Waals surface area contributed by atoms with Gasteiger partial charge in [0.1, 0.15) is 0 Å². The molecular weight excluding hydrogens is 127 g/mol. The second-order valence-electron chi connectivity index (χ2n) is 1.91. The van der Waals surface area contributed by atoms with E-state index in [1.165, 1.54) is 6.08 Å². The Morgan fingerprint density at radius 2 is 2.20 bits per heavy atom. The molecule has 0 amide bonds. The molecular formula is C9H13F. The van der Waals surface area contributed by atoms with Gasteiger partial charge < -0.3 is 0 Å². The largest absolute Gasteiger partial charge is 0.216 e. The molecule has 56 valence electrons. The zero-order valence-corrected chi connectivity index (χ0v) is 6.47. The lowest BCUT2D eigenvalue weighted by molar-refractivity contribution is 0.719. The summed E-state index contributed by atoms with van der Waals surface area (Å²) in [5.41, 5.74) is 1.00. The van der Waals surface area contributed by atoms with Crippen LogP contribution in [0.5, 0.6) is 0 Å². The van der Waals surface area contributed by atoms with E-state index in [2.05, 4.69) is 0 Å². The number of hydrogen-bond donors (Lipinski definition) is 0. The molecule has 10 heavy (non-hydrogen) atoms. The van der Waals surface area contributed by atoms with E-state index in [1.807, 2.05) is 32.1 Å². The van der Waals surface area contributed by atoms with Gasteiger partial charge >= 0.3 is 0 Å². The number of allylic oxidation sites excluding steroid dienone is 5. The van der Waals surface area contributed by atoms with Gasteiger partial charge in [-0.1, -0.05) is 25.2 Å². The van der Waals surface area contributed by atoms with Crippen LogP contribution in [0.15, 0.2) is 36.2 Å². The summed E-state index contributed by atoms with van der Waals surface area (Å²) in [4.78, 5) is 0. The van der Waals surface area contributed by atoms with Gasteiger partial charge in [0.2, 0.25) is 0 Å². The van der Waals surface area contributed by atoms with E-state index in [0.717, 1.165) is 12.0 Å². The SMILES string of the molecule is C\C=C/C=C(\C=C\F)CC. The fourth-order valence-electron chi connectivity index (χ4n) is 0.592. The predicted molar refractivity (Wildman–Crippen MR) is 43.4 cm³/mol. The lowest BCUT2D eigenvalue weighted by atomic mass is 10.2. The molecule has 0 saturated heterocycles. The van der Waals surface area contributed by atoms with E-state index in [-0.39, 0.29) is 0 Å². The van der Waals surface area contributed by atoms with Gasteiger partial charge in [0.05, 0.1) is 6.33 Å². The van der Waals surface area contributed by atoms with Gasteiger partial charge in [-0.2, -0.15) is 0 Å². The first kappa shape index (κ1) is 9.15. The van der Waals surface area contributed by atoms with Crippen molar-refractivity contribution in [3.63, 3.8) is 0 Å². The molecule has 0 aliphatic rings. The Labute approximate surface area is 61.8 Å². The fourth-order valence-corrected chi connectivity index (χ4v) is 0.592. The van der Waals surface area contributed by atoms with Gasteiger partial charge in [-0.05, 0) is 25.0 Å². The normalized spacial score (nSPS) is 13.7. The third-order valence-electron chi connectivity index (χ3n) is 1.19. The average Bonchev–Trinajstić information content (AvgIpc) is 1.98. The molecule has 0 bridgehead atoms. The minimum atomic E-state index is 0.568. The number of hydrogen-bond acceptors (Lipinski definition) is 0. The smallest absolute Gasteiger partial charge is 0.0869 e. The molecule has 0 aliphatic heterocycles. The summed E-state index contributed by atoms with van der Waals surface area (Å²) in [5.74, 6) is 0. The first-order chi connectivity index (χ1) is 4.85. The van der Waals surface area contributed by atoms with Crippen LogP contribution in [-0.4, -0.2) is 0 Å². The summed E-state index contributed by atoms with van der Waals surface area (Å²) in [6.07, 6.45) is 8.63. The van der Waals surface area contributed by atoms with Crippen LogP contribution in [0.1, 0.15) is 20.3 Å². The van der Waals surface area contributed by atoms with Gasteiger partial charge in [0, 0.05) is 0 Å². The molecule has 1 heteroatoms. The molecule has 0 spiro atoms. The minimum absolute atomic E-state index is 0.568. The highest BCUT2D eigenvalue weighted by atomic mass is 19.1. The predicted octanol–water partition coefficient (Wildman–Crippen LogP) is 3.38. The van der Waals surface area contributed by atoms with Gasteiger partial charge in [-0.15, -0.1) is 0 Å². The Bertz CT molecular complexity index is 152. The zero-order chi connectivity index (χ0) is 7.82. The molecule has 0 saturated carbocycles. The van der Waals surface area contributed by atoms with E-state index >= 15 is 0 Å². The van der Waals surface area contributed by atoms with Crippen molar-refractivity contribution in [2.24, 2.45) is 0 Å². The third-order valence-corrected chi connectivity index (χ3v) is 1.19. The molecule has 0 fully saturated rings. The molecule has 0 aliphatic carbocycles. The summed E-state index contributed by atoms with van der Waals surface area (Å²) in [5, 5.41) is 0. The lowest BCUT2D eigenvalue weighted by Gasteiger charge is -1.90. The highest BCUT2D eigenvalue weighted by Gasteiger charge is 1.82. The van der Waals surface area contributed by atoms with Crippen LogP contribution in [-0.2, 0) is 0 Å². The lowest BCUT2D eigenvalue weighted by Crippen LogP contribution is -1.70. The Kier molecular flexibility index (Phi) is 5.74. The first-order valence-electron chi connectivity index (χ1n) is 3.43. The van der Waals surface area contributed by atoms with E-state index in [9.17, 15) is 4.39 Å². The molecule has 0 atom stereocenters. The minimum Gasteiger partial charge on any atom is -0.216 e. The van der Waals surface area contributed by atoms with Crippen molar-refractivity contribution in [1.82, 2.24) is 0 Å². The highest BCUT2D eigenvalue weighted by Crippen LogP contribution is 2.02. The maximum Gasteiger partial charge on any atom is 0.0869 e. The third kappa shape index (κ3) is 4.07. The van der Waals surface area contributed by atoms with Crippen molar-refractivity contribution in [1.29, 1.82) is 0 Å². The second kappa shape index (κ2) is 6.27. The van der Waals surface area contributed by atoms with Crippen LogP contribution in [0.4, 0.5) is 4.39 Å². The van der Waals surface area contributed by atoms with Crippen molar-refractivity contribution in [3.8, 4) is 0 Å². The zero-order valence-electron chi connectivity index (χ0n) is 6.47. The molecule has 0 aromatic carbocycles. The molecule has 0 aromatic heterocycles. The van der Waals surface area contributed by atoms with Crippen molar-refractivity contribution in [2.45, 2.75) is 20.3 Å². The van der Waals surface area contributed by atoms with E-state index in [0.29, 0.717) is 6.33 Å². The molecule has 0 aromatic rings. The van der Waals surface area contributed by atoms with Gasteiger partial charge in [0.15, 0.2) is 0 Å². The summed E-state index contributed by atoms with van der Waals surface area (Å²) in [6, 6.07) is 0. The monoisotopic (exact) mass is 140 g/mol. The van der Waals surface area contributed by atoms with Gasteiger partial charge in [0.25, 0.3) is 0 Å².